The lowest BCUT2D eigenvalue weighted by Crippen LogP contribution is -2.09. The number of anilines is 1. The van der Waals surface area contributed by atoms with Crippen LogP contribution in [-0.4, -0.2) is 7.11 Å². The average molecular weight is 255 g/mol. The summed E-state index contributed by atoms with van der Waals surface area (Å²) >= 11 is 0. The molecule has 2 aromatic rings. The summed E-state index contributed by atoms with van der Waals surface area (Å²) in [6, 6.07) is 17.1. The van der Waals surface area contributed by atoms with Gasteiger partial charge in [-0.25, -0.2) is 0 Å². The van der Waals surface area contributed by atoms with Crippen LogP contribution in [0.15, 0.2) is 48.5 Å². The molecule has 0 spiro atoms. The van der Waals surface area contributed by atoms with Gasteiger partial charge >= 0.3 is 0 Å². The number of methoxy groups -OCH3 is 1. The molecule has 0 saturated heterocycles. The molecule has 0 heterocycles. The van der Waals surface area contributed by atoms with E-state index < -0.39 is 0 Å². The fourth-order valence-electron chi connectivity index (χ4n) is 2.11. The second-order valence-corrected chi connectivity index (χ2v) is 4.74. The van der Waals surface area contributed by atoms with E-state index in [-0.39, 0.29) is 0 Å². The summed E-state index contributed by atoms with van der Waals surface area (Å²) < 4.78 is 5.19. The van der Waals surface area contributed by atoms with Gasteiger partial charge in [-0.05, 0) is 43.2 Å². The lowest BCUT2D eigenvalue weighted by Gasteiger charge is -2.19. The van der Waals surface area contributed by atoms with Gasteiger partial charge in [-0.1, -0.05) is 36.8 Å². The molecule has 100 valence electrons. The third-order valence-corrected chi connectivity index (χ3v) is 3.32. The first-order valence-corrected chi connectivity index (χ1v) is 6.70. The van der Waals surface area contributed by atoms with Crippen LogP contribution in [0.3, 0.4) is 0 Å². The molecule has 1 N–H and O–H groups in total. The second-order valence-electron chi connectivity index (χ2n) is 4.74. The molecule has 0 amide bonds. The smallest absolute Gasteiger partial charge is 0.118 e. The van der Waals surface area contributed by atoms with Crippen LogP contribution >= 0.6 is 0 Å². The van der Waals surface area contributed by atoms with Gasteiger partial charge < -0.3 is 10.1 Å². The molecular weight excluding hydrogens is 234 g/mol. The fraction of sp³-hybridized carbons (Fsp3) is 0.294. The van der Waals surface area contributed by atoms with Gasteiger partial charge in [0.05, 0.1) is 13.2 Å². The largest absolute Gasteiger partial charge is 0.497 e. The van der Waals surface area contributed by atoms with Gasteiger partial charge in [0.1, 0.15) is 5.75 Å². The topological polar surface area (TPSA) is 21.3 Å². The maximum Gasteiger partial charge on any atom is 0.118 e. The number of hydrogen-bond acceptors (Lipinski definition) is 2. The second kappa shape index (κ2) is 6.28. The predicted molar refractivity (Wildman–Crippen MR) is 80.8 cm³/mol. The zero-order valence-electron chi connectivity index (χ0n) is 11.8. The number of benzene rings is 2. The quantitative estimate of drug-likeness (QED) is 0.845. The predicted octanol–water partition coefficient (Wildman–Crippen LogP) is 4.57. The minimum Gasteiger partial charge on any atom is -0.497 e. The fourth-order valence-corrected chi connectivity index (χ4v) is 2.11. The van der Waals surface area contributed by atoms with E-state index in [1.54, 1.807) is 7.11 Å². The highest BCUT2D eigenvalue weighted by Gasteiger charge is 2.08. The van der Waals surface area contributed by atoms with E-state index in [4.69, 9.17) is 4.74 Å². The van der Waals surface area contributed by atoms with E-state index in [1.165, 1.54) is 11.1 Å². The van der Waals surface area contributed by atoms with Crippen LogP contribution in [-0.2, 0) is 0 Å². The standard InChI is InChI=1S/C17H21NO/c1-4-17(14-7-11-16(19-3)12-8-14)18-15-9-5-13(2)6-10-15/h5-12,17-18H,4H2,1-3H3. The molecule has 0 saturated carbocycles. The lowest BCUT2D eigenvalue weighted by molar-refractivity contribution is 0.414. The maximum atomic E-state index is 5.19. The first-order valence-electron chi connectivity index (χ1n) is 6.70. The molecule has 0 fully saturated rings. The summed E-state index contributed by atoms with van der Waals surface area (Å²) in [5.41, 5.74) is 3.72. The summed E-state index contributed by atoms with van der Waals surface area (Å²) in [5, 5.41) is 3.57. The molecule has 0 aromatic heterocycles. The van der Waals surface area contributed by atoms with Crippen LogP contribution in [0.1, 0.15) is 30.5 Å². The van der Waals surface area contributed by atoms with Crippen LogP contribution in [0.2, 0.25) is 0 Å². The Morgan fingerprint density at radius 2 is 1.63 bits per heavy atom. The van der Waals surface area contributed by atoms with Crippen molar-refractivity contribution >= 4 is 5.69 Å². The van der Waals surface area contributed by atoms with Crippen molar-refractivity contribution in [3.8, 4) is 5.75 Å². The molecule has 0 radical (unpaired) electrons. The number of hydrogen-bond donors (Lipinski definition) is 1. The van der Waals surface area contributed by atoms with E-state index in [2.05, 4.69) is 55.6 Å². The molecule has 0 aliphatic carbocycles. The van der Waals surface area contributed by atoms with Crippen LogP contribution in [0.25, 0.3) is 0 Å². The summed E-state index contributed by atoms with van der Waals surface area (Å²) in [6.07, 6.45) is 1.04. The van der Waals surface area contributed by atoms with Crippen molar-refractivity contribution < 1.29 is 4.74 Å². The minimum absolute atomic E-state index is 0.327. The third kappa shape index (κ3) is 3.50. The van der Waals surface area contributed by atoms with Gasteiger partial charge in [0.2, 0.25) is 0 Å². The van der Waals surface area contributed by atoms with Gasteiger partial charge in [0.25, 0.3) is 0 Å². The lowest BCUT2D eigenvalue weighted by atomic mass is 10.0. The molecule has 2 heteroatoms. The van der Waals surface area contributed by atoms with E-state index in [1.807, 2.05) is 12.1 Å². The summed E-state index contributed by atoms with van der Waals surface area (Å²) in [4.78, 5) is 0. The SMILES string of the molecule is CCC(Nc1ccc(C)cc1)c1ccc(OC)cc1. The summed E-state index contributed by atoms with van der Waals surface area (Å²) in [5.74, 6) is 0.897. The summed E-state index contributed by atoms with van der Waals surface area (Å²) in [6.45, 7) is 4.29. The number of ether oxygens (including phenoxy) is 1. The van der Waals surface area contributed by atoms with Crippen molar-refractivity contribution in [3.63, 3.8) is 0 Å². The van der Waals surface area contributed by atoms with Crippen molar-refractivity contribution in [2.24, 2.45) is 0 Å². The summed E-state index contributed by atoms with van der Waals surface area (Å²) in [7, 11) is 1.69. The number of aryl methyl sites for hydroxylation is 1. The van der Waals surface area contributed by atoms with E-state index in [0.717, 1.165) is 17.9 Å². The molecule has 0 aliphatic heterocycles. The van der Waals surface area contributed by atoms with Gasteiger partial charge in [-0.2, -0.15) is 0 Å². The van der Waals surface area contributed by atoms with Gasteiger partial charge in [-0.15, -0.1) is 0 Å². The average Bonchev–Trinajstić information content (AvgIpc) is 2.47. The molecule has 19 heavy (non-hydrogen) atoms. The minimum atomic E-state index is 0.327. The molecular formula is C17H21NO. The number of nitrogens with one attached hydrogen (secondary N) is 1. The highest BCUT2D eigenvalue weighted by atomic mass is 16.5. The Morgan fingerprint density at radius 3 is 2.16 bits per heavy atom. The zero-order chi connectivity index (χ0) is 13.7. The molecule has 0 bridgehead atoms. The Kier molecular flexibility index (Phi) is 4.45. The van der Waals surface area contributed by atoms with Crippen molar-refractivity contribution in [2.45, 2.75) is 26.3 Å². The number of rotatable bonds is 5. The van der Waals surface area contributed by atoms with E-state index in [9.17, 15) is 0 Å². The van der Waals surface area contributed by atoms with Crippen LogP contribution in [0.5, 0.6) is 5.75 Å². The molecule has 1 atom stereocenters. The molecule has 2 rings (SSSR count). The van der Waals surface area contributed by atoms with Crippen LogP contribution in [0.4, 0.5) is 5.69 Å². The van der Waals surface area contributed by atoms with Crippen LogP contribution < -0.4 is 10.1 Å². The Labute approximate surface area is 115 Å². The highest BCUT2D eigenvalue weighted by Crippen LogP contribution is 2.24. The third-order valence-electron chi connectivity index (χ3n) is 3.32. The van der Waals surface area contributed by atoms with Crippen molar-refractivity contribution in [1.82, 2.24) is 0 Å². The first kappa shape index (κ1) is 13.5. The van der Waals surface area contributed by atoms with Crippen molar-refractivity contribution in [3.05, 3.63) is 59.7 Å². The van der Waals surface area contributed by atoms with Crippen LogP contribution in [0, 0.1) is 6.92 Å². The zero-order valence-corrected chi connectivity index (χ0v) is 11.8. The van der Waals surface area contributed by atoms with Crippen molar-refractivity contribution in [1.29, 1.82) is 0 Å². The Balaban J connectivity index is 2.12. The molecule has 1 unspecified atom stereocenters. The highest BCUT2D eigenvalue weighted by molar-refractivity contribution is 5.47. The Hall–Kier alpha value is -1.96. The van der Waals surface area contributed by atoms with E-state index >= 15 is 0 Å². The van der Waals surface area contributed by atoms with Crippen molar-refractivity contribution in [2.75, 3.05) is 12.4 Å². The van der Waals surface area contributed by atoms with Gasteiger partial charge in [-0.3, -0.25) is 0 Å². The Bertz CT molecular complexity index is 502. The first-order chi connectivity index (χ1) is 9.22. The van der Waals surface area contributed by atoms with E-state index in [0.29, 0.717) is 6.04 Å². The molecule has 2 aromatic carbocycles. The molecule has 0 aliphatic rings. The molecule has 2 nitrogen and oxygen atoms in total. The van der Waals surface area contributed by atoms with Gasteiger partial charge in [0.15, 0.2) is 0 Å². The normalized spacial score (nSPS) is 11.9. The monoisotopic (exact) mass is 255 g/mol. The van der Waals surface area contributed by atoms with Gasteiger partial charge in [0, 0.05) is 5.69 Å². The maximum absolute atomic E-state index is 5.19. The Morgan fingerprint density at radius 1 is 1.00 bits per heavy atom.